The van der Waals surface area contributed by atoms with Crippen LogP contribution in [0.3, 0.4) is 0 Å². The number of hydrogen-bond acceptors (Lipinski definition) is 5. The monoisotopic (exact) mass is 315 g/mol. The lowest BCUT2D eigenvalue weighted by molar-refractivity contribution is -0.134. The van der Waals surface area contributed by atoms with Gasteiger partial charge in [0.05, 0.1) is 5.56 Å². The lowest BCUT2D eigenvalue weighted by Gasteiger charge is -2.12. The van der Waals surface area contributed by atoms with Crippen molar-refractivity contribution in [3.05, 3.63) is 22.2 Å². The first-order chi connectivity index (χ1) is 8.31. The largest absolute Gasteiger partial charge is 0.423 e. The van der Waals surface area contributed by atoms with Crippen molar-refractivity contribution in [1.29, 1.82) is 0 Å². The summed E-state index contributed by atoms with van der Waals surface area (Å²) in [6, 6.07) is 2.76. The molecule has 18 heavy (non-hydrogen) atoms. The second kappa shape index (κ2) is 5.63. The molecule has 0 atom stereocenters. The second-order valence-electron chi connectivity index (χ2n) is 3.33. The van der Waals surface area contributed by atoms with Crippen molar-refractivity contribution < 1.29 is 23.9 Å². The van der Waals surface area contributed by atoms with Gasteiger partial charge in [-0.3, -0.25) is 14.4 Å². The minimum Gasteiger partial charge on any atom is -0.423 e. The fourth-order valence-electron chi connectivity index (χ4n) is 1.23. The number of ether oxygens (including phenoxy) is 2. The van der Waals surface area contributed by atoms with Gasteiger partial charge in [-0.1, -0.05) is 15.9 Å². The highest BCUT2D eigenvalue weighted by molar-refractivity contribution is 9.10. The Balaban J connectivity index is 3.41. The van der Waals surface area contributed by atoms with E-state index < -0.39 is 17.8 Å². The van der Waals surface area contributed by atoms with Gasteiger partial charge in [0.1, 0.15) is 0 Å². The maximum absolute atomic E-state index is 11.3. The Bertz CT molecular complexity index is 526. The molecule has 2 N–H and O–H groups in total. The first-order valence-corrected chi connectivity index (χ1v) is 5.60. The SMILES string of the molecule is CC(=O)Oc1cc(Br)cc(C(N)=O)c1OC(C)=O. The molecule has 0 fully saturated rings. The van der Waals surface area contributed by atoms with E-state index in [9.17, 15) is 14.4 Å². The van der Waals surface area contributed by atoms with E-state index in [4.69, 9.17) is 15.2 Å². The molecule has 0 bridgehead atoms. The maximum atomic E-state index is 11.3. The third-order valence-corrected chi connectivity index (χ3v) is 2.24. The van der Waals surface area contributed by atoms with Crippen molar-refractivity contribution >= 4 is 33.8 Å². The van der Waals surface area contributed by atoms with Gasteiger partial charge in [-0.05, 0) is 12.1 Å². The van der Waals surface area contributed by atoms with Crippen LogP contribution in [0, 0.1) is 0 Å². The number of hydrogen-bond donors (Lipinski definition) is 1. The van der Waals surface area contributed by atoms with E-state index in [1.807, 2.05) is 0 Å². The van der Waals surface area contributed by atoms with Gasteiger partial charge in [0.15, 0.2) is 11.5 Å². The van der Waals surface area contributed by atoms with Crippen molar-refractivity contribution in [3.63, 3.8) is 0 Å². The summed E-state index contributed by atoms with van der Waals surface area (Å²) >= 11 is 3.13. The van der Waals surface area contributed by atoms with E-state index in [1.165, 1.54) is 19.1 Å². The van der Waals surface area contributed by atoms with Gasteiger partial charge in [0, 0.05) is 18.3 Å². The Morgan fingerprint density at radius 3 is 2.11 bits per heavy atom. The Kier molecular flexibility index (Phi) is 4.43. The van der Waals surface area contributed by atoms with Crippen molar-refractivity contribution in [2.45, 2.75) is 13.8 Å². The van der Waals surface area contributed by atoms with E-state index in [0.29, 0.717) is 4.47 Å². The smallest absolute Gasteiger partial charge is 0.308 e. The van der Waals surface area contributed by atoms with Crippen LogP contribution < -0.4 is 15.2 Å². The molecule has 0 aromatic heterocycles. The number of carbonyl (C=O) groups is 3. The zero-order valence-electron chi connectivity index (χ0n) is 9.65. The summed E-state index contributed by atoms with van der Waals surface area (Å²) in [5, 5.41) is 0. The molecule has 0 aliphatic heterocycles. The molecular weight excluding hydrogens is 306 g/mol. The Morgan fingerprint density at radius 2 is 1.67 bits per heavy atom. The molecule has 6 nitrogen and oxygen atoms in total. The number of halogens is 1. The number of esters is 2. The van der Waals surface area contributed by atoms with Crippen molar-refractivity contribution in [2.24, 2.45) is 5.73 Å². The predicted molar refractivity (Wildman–Crippen MR) is 65.3 cm³/mol. The van der Waals surface area contributed by atoms with E-state index in [-0.39, 0.29) is 17.1 Å². The van der Waals surface area contributed by atoms with E-state index in [1.54, 1.807) is 0 Å². The number of benzene rings is 1. The summed E-state index contributed by atoms with van der Waals surface area (Å²) in [7, 11) is 0. The lowest BCUT2D eigenvalue weighted by atomic mass is 10.1. The molecule has 0 saturated carbocycles. The third kappa shape index (κ3) is 3.56. The molecule has 0 aliphatic rings. The van der Waals surface area contributed by atoms with Crippen LogP contribution in [0.1, 0.15) is 24.2 Å². The molecular formula is C11H10BrNO5. The number of amides is 1. The van der Waals surface area contributed by atoms with Gasteiger partial charge in [-0.2, -0.15) is 0 Å². The average Bonchev–Trinajstić information content (AvgIpc) is 2.19. The Labute approximate surface area is 111 Å². The minimum atomic E-state index is -0.805. The standard InChI is InChI=1S/C11H10BrNO5/c1-5(14)17-9-4-7(12)3-8(11(13)16)10(9)18-6(2)15/h3-4H,1-2H3,(H2,13,16). The fraction of sp³-hybridized carbons (Fsp3) is 0.182. The van der Waals surface area contributed by atoms with Gasteiger partial charge < -0.3 is 15.2 Å². The summed E-state index contributed by atoms with van der Waals surface area (Å²) in [6.07, 6.45) is 0. The number of rotatable bonds is 3. The highest BCUT2D eigenvalue weighted by atomic mass is 79.9. The number of carbonyl (C=O) groups excluding carboxylic acids is 3. The highest BCUT2D eigenvalue weighted by Crippen LogP contribution is 2.35. The molecule has 0 saturated heterocycles. The van der Waals surface area contributed by atoms with E-state index in [2.05, 4.69) is 15.9 Å². The number of nitrogens with two attached hydrogens (primary N) is 1. The summed E-state index contributed by atoms with van der Waals surface area (Å²) in [5.41, 5.74) is 5.11. The lowest BCUT2D eigenvalue weighted by Crippen LogP contribution is -2.16. The van der Waals surface area contributed by atoms with Crippen LogP contribution >= 0.6 is 15.9 Å². The van der Waals surface area contributed by atoms with Gasteiger partial charge >= 0.3 is 11.9 Å². The zero-order valence-corrected chi connectivity index (χ0v) is 11.2. The van der Waals surface area contributed by atoms with E-state index >= 15 is 0 Å². The third-order valence-electron chi connectivity index (χ3n) is 1.78. The van der Waals surface area contributed by atoms with Crippen LogP contribution in [0.5, 0.6) is 11.5 Å². The predicted octanol–water partition coefficient (Wildman–Crippen LogP) is 1.40. The van der Waals surface area contributed by atoms with E-state index in [0.717, 1.165) is 6.92 Å². The fourth-order valence-corrected chi connectivity index (χ4v) is 1.67. The number of primary amides is 1. The minimum absolute atomic E-state index is 0.0547. The summed E-state index contributed by atoms with van der Waals surface area (Å²) in [6.45, 7) is 2.34. The molecule has 0 radical (unpaired) electrons. The average molecular weight is 316 g/mol. The first kappa shape index (κ1) is 14.2. The van der Waals surface area contributed by atoms with Gasteiger partial charge in [-0.15, -0.1) is 0 Å². The van der Waals surface area contributed by atoms with Crippen LogP contribution in [0.25, 0.3) is 0 Å². The van der Waals surface area contributed by atoms with Crippen molar-refractivity contribution in [1.82, 2.24) is 0 Å². The molecule has 0 unspecified atom stereocenters. The molecule has 1 aromatic rings. The Morgan fingerprint density at radius 1 is 1.11 bits per heavy atom. The van der Waals surface area contributed by atoms with Crippen LogP contribution in [0.2, 0.25) is 0 Å². The second-order valence-corrected chi connectivity index (χ2v) is 4.25. The topological polar surface area (TPSA) is 95.7 Å². The molecule has 1 amide bonds. The zero-order chi connectivity index (χ0) is 13.9. The quantitative estimate of drug-likeness (QED) is 0.672. The molecule has 96 valence electrons. The van der Waals surface area contributed by atoms with Crippen LogP contribution in [-0.4, -0.2) is 17.8 Å². The molecule has 1 rings (SSSR count). The molecule has 0 spiro atoms. The van der Waals surface area contributed by atoms with Gasteiger partial charge in [0.25, 0.3) is 5.91 Å². The van der Waals surface area contributed by atoms with Gasteiger partial charge in [0.2, 0.25) is 0 Å². The maximum Gasteiger partial charge on any atom is 0.308 e. The van der Waals surface area contributed by atoms with Crippen LogP contribution in [0.4, 0.5) is 0 Å². The van der Waals surface area contributed by atoms with Crippen LogP contribution in [0.15, 0.2) is 16.6 Å². The molecule has 7 heteroatoms. The van der Waals surface area contributed by atoms with Crippen molar-refractivity contribution in [2.75, 3.05) is 0 Å². The summed E-state index contributed by atoms with van der Waals surface area (Å²) in [5.74, 6) is -2.31. The first-order valence-electron chi connectivity index (χ1n) is 4.81. The molecule has 0 heterocycles. The summed E-state index contributed by atoms with van der Waals surface area (Å²) in [4.78, 5) is 33.2. The summed E-state index contributed by atoms with van der Waals surface area (Å²) < 4.78 is 10.2. The van der Waals surface area contributed by atoms with Gasteiger partial charge in [-0.25, -0.2) is 0 Å². The van der Waals surface area contributed by atoms with Crippen LogP contribution in [-0.2, 0) is 9.59 Å². The van der Waals surface area contributed by atoms with Crippen molar-refractivity contribution in [3.8, 4) is 11.5 Å². The normalized spacial score (nSPS) is 9.72. The Hall–Kier alpha value is -1.89. The molecule has 1 aromatic carbocycles. The highest BCUT2D eigenvalue weighted by Gasteiger charge is 2.19. The molecule has 0 aliphatic carbocycles.